The van der Waals surface area contributed by atoms with E-state index < -0.39 is 0 Å². The normalized spacial score (nSPS) is 11.3. The molecular formula is C53H30N6S. The lowest BCUT2D eigenvalue weighted by molar-refractivity contribution is 1.06. The highest BCUT2D eigenvalue weighted by Crippen LogP contribution is 2.42. The van der Waals surface area contributed by atoms with Crippen LogP contribution in [-0.4, -0.2) is 19.5 Å². The smallest absolute Gasteiger partial charge is 0.196 e. The third kappa shape index (κ3) is 5.89. The molecule has 3 aromatic heterocycles. The standard InChI is InChI=1S/C53H30N6S/c1-55-45-28-33(32-54)20-24-39(45)38-22-26-47-42(31-38)40-16-8-10-18-46(40)59(47)48-25-21-36(37-23-27-50-43(29-37)41-17-9-11-19-49(41)60-50)30-44(48)53-57-51(34-12-4-2-5-13-34)56-52(58-53)35-14-6-3-7-15-35/h2-31H. The largest absolute Gasteiger partial charge is 0.309 e. The maximum absolute atomic E-state index is 9.53. The summed E-state index contributed by atoms with van der Waals surface area (Å²) in [6.45, 7) is 7.90. The topological polar surface area (TPSA) is 71.8 Å². The van der Waals surface area contributed by atoms with Gasteiger partial charge in [-0.1, -0.05) is 121 Å². The van der Waals surface area contributed by atoms with Crippen LogP contribution >= 0.6 is 11.3 Å². The zero-order chi connectivity index (χ0) is 40.2. The Balaban J connectivity index is 1.18. The van der Waals surface area contributed by atoms with Crippen LogP contribution in [0.15, 0.2) is 182 Å². The summed E-state index contributed by atoms with van der Waals surface area (Å²) in [7, 11) is 0. The summed E-state index contributed by atoms with van der Waals surface area (Å²) in [6, 6.07) is 64.3. The van der Waals surface area contributed by atoms with Crippen LogP contribution in [0.2, 0.25) is 0 Å². The first-order chi connectivity index (χ1) is 29.6. The van der Waals surface area contributed by atoms with Gasteiger partial charge in [0.2, 0.25) is 0 Å². The third-order valence-corrected chi connectivity index (χ3v) is 12.3. The molecule has 0 fully saturated rings. The van der Waals surface area contributed by atoms with E-state index in [-0.39, 0.29) is 0 Å². The molecule has 0 unspecified atom stereocenters. The fraction of sp³-hybridized carbons (Fsp3) is 0. The number of para-hydroxylation sites is 1. The van der Waals surface area contributed by atoms with Crippen LogP contribution in [0.3, 0.4) is 0 Å². The number of nitriles is 1. The maximum Gasteiger partial charge on any atom is 0.196 e. The molecule has 0 amide bonds. The van der Waals surface area contributed by atoms with E-state index in [9.17, 15) is 5.26 Å². The van der Waals surface area contributed by atoms with Gasteiger partial charge in [-0.25, -0.2) is 19.8 Å². The zero-order valence-electron chi connectivity index (χ0n) is 31.9. The minimum Gasteiger partial charge on any atom is -0.309 e. The zero-order valence-corrected chi connectivity index (χ0v) is 32.7. The van der Waals surface area contributed by atoms with Gasteiger partial charge in [0.25, 0.3) is 0 Å². The molecule has 0 aliphatic carbocycles. The van der Waals surface area contributed by atoms with Crippen molar-refractivity contribution < 1.29 is 0 Å². The molecule has 6 nitrogen and oxygen atoms in total. The average Bonchev–Trinajstić information content (AvgIpc) is 3.86. The summed E-state index contributed by atoms with van der Waals surface area (Å²) in [5.74, 6) is 1.74. The van der Waals surface area contributed by atoms with Crippen LogP contribution in [0.25, 0.3) is 109 Å². The Hall–Kier alpha value is -8.23. The molecule has 7 heteroatoms. The van der Waals surface area contributed by atoms with Crippen molar-refractivity contribution in [3.05, 3.63) is 199 Å². The number of rotatable bonds is 6. The van der Waals surface area contributed by atoms with Crippen molar-refractivity contribution >= 4 is 59.0 Å². The van der Waals surface area contributed by atoms with Crippen LogP contribution in [-0.2, 0) is 0 Å². The van der Waals surface area contributed by atoms with Gasteiger partial charge in [0.15, 0.2) is 23.2 Å². The van der Waals surface area contributed by atoms with Crippen molar-refractivity contribution in [2.45, 2.75) is 0 Å². The first-order valence-electron chi connectivity index (χ1n) is 19.5. The Labute approximate surface area is 349 Å². The van der Waals surface area contributed by atoms with E-state index in [0.717, 1.165) is 66.4 Å². The molecule has 0 bridgehead atoms. The summed E-state index contributed by atoms with van der Waals surface area (Å²) in [5, 5.41) is 14.1. The Bertz CT molecular complexity index is 3520. The van der Waals surface area contributed by atoms with Gasteiger partial charge in [0.05, 0.1) is 29.4 Å². The van der Waals surface area contributed by atoms with Crippen molar-refractivity contribution in [2.24, 2.45) is 0 Å². The Morgan fingerprint density at radius 1 is 0.467 bits per heavy atom. The molecule has 0 N–H and O–H groups in total. The molecule has 11 rings (SSSR count). The lowest BCUT2D eigenvalue weighted by Crippen LogP contribution is -2.04. The fourth-order valence-corrected chi connectivity index (χ4v) is 9.35. The van der Waals surface area contributed by atoms with Gasteiger partial charge in [-0.2, -0.15) is 5.26 Å². The molecule has 0 radical (unpaired) electrons. The number of benzene rings is 8. The van der Waals surface area contributed by atoms with E-state index in [1.807, 2.05) is 78.1 Å². The number of aromatic nitrogens is 4. The molecule has 0 aliphatic heterocycles. The number of fused-ring (bicyclic) bond motifs is 6. The average molecular weight is 783 g/mol. The summed E-state index contributed by atoms with van der Waals surface area (Å²) < 4.78 is 4.82. The van der Waals surface area contributed by atoms with Gasteiger partial charge in [-0.05, 0) is 82.9 Å². The quantitative estimate of drug-likeness (QED) is 0.158. The highest BCUT2D eigenvalue weighted by molar-refractivity contribution is 7.25. The van der Waals surface area contributed by atoms with Crippen molar-refractivity contribution in [3.8, 4) is 68.2 Å². The van der Waals surface area contributed by atoms with Crippen LogP contribution in [0.4, 0.5) is 5.69 Å². The molecule has 3 heterocycles. The summed E-state index contributed by atoms with van der Waals surface area (Å²) in [4.78, 5) is 19.3. The second-order valence-corrected chi connectivity index (χ2v) is 15.7. The molecule has 0 saturated heterocycles. The lowest BCUT2D eigenvalue weighted by Gasteiger charge is -2.16. The summed E-state index contributed by atoms with van der Waals surface area (Å²) in [6.07, 6.45) is 0. The number of thiophene rings is 1. The first kappa shape index (κ1) is 35.0. The molecule has 0 spiro atoms. The van der Waals surface area contributed by atoms with E-state index in [1.54, 1.807) is 12.1 Å². The molecule has 11 aromatic rings. The molecule has 278 valence electrons. The third-order valence-electron chi connectivity index (χ3n) is 11.1. The monoisotopic (exact) mass is 782 g/mol. The highest BCUT2D eigenvalue weighted by Gasteiger charge is 2.21. The molecule has 0 atom stereocenters. The number of hydrogen-bond acceptors (Lipinski definition) is 5. The molecular weight excluding hydrogens is 753 g/mol. The van der Waals surface area contributed by atoms with E-state index in [2.05, 4.69) is 119 Å². The van der Waals surface area contributed by atoms with Crippen LogP contribution in [0, 0.1) is 17.9 Å². The first-order valence-corrected chi connectivity index (χ1v) is 20.3. The van der Waals surface area contributed by atoms with E-state index in [1.165, 1.54) is 20.2 Å². The molecule has 0 saturated carbocycles. The second-order valence-electron chi connectivity index (χ2n) is 14.6. The SMILES string of the molecule is [C-]#[N+]c1cc(C#N)ccc1-c1ccc2c(c1)c1ccccc1n2-c1ccc(-c2ccc3sc4ccccc4c3c2)cc1-c1nc(-c2ccccc2)nc(-c2ccccc2)n1. The van der Waals surface area contributed by atoms with Gasteiger partial charge in [-0.15, -0.1) is 11.3 Å². The van der Waals surface area contributed by atoms with Crippen molar-refractivity contribution in [1.82, 2.24) is 19.5 Å². The van der Waals surface area contributed by atoms with Gasteiger partial charge < -0.3 is 4.57 Å². The Morgan fingerprint density at radius 3 is 1.82 bits per heavy atom. The molecule has 60 heavy (non-hydrogen) atoms. The predicted molar refractivity (Wildman–Crippen MR) is 245 cm³/mol. The highest BCUT2D eigenvalue weighted by atomic mass is 32.1. The van der Waals surface area contributed by atoms with Gasteiger partial charge in [0.1, 0.15) is 0 Å². The minimum atomic E-state index is 0.446. The fourth-order valence-electron chi connectivity index (χ4n) is 8.26. The predicted octanol–water partition coefficient (Wildman–Crippen LogP) is 14.1. The number of hydrogen-bond donors (Lipinski definition) is 0. The van der Waals surface area contributed by atoms with Crippen molar-refractivity contribution in [3.63, 3.8) is 0 Å². The Kier molecular flexibility index (Phi) is 8.34. The lowest BCUT2D eigenvalue weighted by atomic mass is 9.99. The van der Waals surface area contributed by atoms with Gasteiger partial charge in [-0.3, -0.25) is 0 Å². The molecule has 8 aromatic carbocycles. The summed E-state index contributed by atoms with van der Waals surface area (Å²) in [5.41, 5.74) is 10.4. The van der Waals surface area contributed by atoms with Crippen molar-refractivity contribution in [2.75, 3.05) is 0 Å². The maximum atomic E-state index is 9.53. The van der Waals surface area contributed by atoms with E-state index in [0.29, 0.717) is 28.7 Å². The van der Waals surface area contributed by atoms with Gasteiger partial charge in [0, 0.05) is 53.2 Å². The van der Waals surface area contributed by atoms with Gasteiger partial charge >= 0.3 is 0 Å². The molecule has 0 aliphatic rings. The van der Waals surface area contributed by atoms with E-state index in [4.69, 9.17) is 21.5 Å². The Morgan fingerprint density at radius 2 is 1.07 bits per heavy atom. The van der Waals surface area contributed by atoms with E-state index >= 15 is 0 Å². The van der Waals surface area contributed by atoms with Crippen molar-refractivity contribution in [1.29, 1.82) is 5.26 Å². The van der Waals surface area contributed by atoms with Crippen LogP contribution in [0.1, 0.15) is 5.56 Å². The number of nitrogens with zero attached hydrogens (tertiary/aromatic N) is 6. The summed E-state index contributed by atoms with van der Waals surface area (Å²) >= 11 is 1.81. The van der Waals surface area contributed by atoms with Crippen LogP contribution in [0.5, 0.6) is 0 Å². The second kappa shape index (κ2) is 14.3. The minimum absolute atomic E-state index is 0.446. The van der Waals surface area contributed by atoms with Crippen LogP contribution < -0.4 is 0 Å².